The third kappa shape index (κ3) is 4.77. The molecule has 32 heavy (non-hydrogen) atoms. The number of aliphatic hydroxyl groups excluding tert-OH is 2. The second-order valence-electron chi connectivity index (χ2n) is 8.32. The first-order valence-corrected chi connectivity index (χ1v) is 11.6. The minimum absolute atomic E-state index is 0.0174. The number of carbonyl (C=O) groups excluding carboxylic acids is 3. The molecule has 3 rings (SSSR count). The quantitative estimate of drug-likeness (QED) is 0.202. The van der Waals surface area contributed by atoms with E-state index in [-0.39, 0.29) is 66.7 Å². The minimum Gasteiger partial charge on any atom is -0.477 e. The van der Waals surface area contributed by atoms with Crippen LogP contribution in [-0.2, 0) is 19.2 Å². The second-order valence-corrected chi connectivity index (χ2v) is 9.67. The molecule has 3 heterocycles. The highest BCUT2D eigenvalue weighted by Crippen LogP contribution is 2.51. The van der Waals surface area contributed by atoms with Crippen LogP contribution in [0, 0.1) is 11.8 Å². The van der Waals surface area contributed by atoms with E-state index >= 15 is 0 Å². The summed E-state index contributed by atoms with van der Waals surface area (Å²) in [7, 11) is 0. The van der Waals surface area contributed by atoms with Crippen LogP contribution in [-0.4, -0.2) is 93.6 Å². The number of fused-ring (bicyclic) bond motifs is 1. The van der Waals surface area contributed by atoms with Crippen molar-refractivity contribution in [3.05, 3.63) is 10.6 Å². The molecule has 2 saturated heterocycles. The zero-order valence-electron chi connectivity index (χ0n) is 18.0. The molecule has 178 valence electrons. The fourth-order valence-electron chi connectivity index (χ4n) is 4.56. The SMILES string of the molecule is C[C@@H](O)[C@H]1C(=O)N2C(C(=O)O)=C(S[C@@H]3CN[C@H](C(=O)NCCC(=O)NCCO)C3)[C@H](C)[C@H]12. The van der Waals surface area contributed by atoms with Gasteiger partial charge >= 0.3 is 5.97 Å². The molecule has 3 aliphatic heterocycles. The van der Waals surface area contributed by atoms with Gasteiger partial charge in [0, 0.05) is 42.1 Å². The fourth-order valence-corrected chi connectivity index (χ4v) is 6.04. The maximum absolute atomic E-state index is 12.4. The molecule has 0 bridgehead atoms. The van der Waals surface area contributed by atoms with Crippen molar-refractivity contribution in [1.82, 2.24) is 20.9 Å². The van der Waals surface area contributed by atoms with Gasteiger partial charge in [0.05, 0.1) is 30.7 Å². The zero-order valence-corrected chi connectivity index (χ0v) is 18.9. The largest absolute Gasteiger partial charge is 0.477 e. The van der Waals surface area contributed by atoms with Crippen molar-refractivity contribution >= 4 is 35.5 Å². The standard InChI is InChI=1S/C20H30N4O7S/c1-9-15-14(10(2)26)19(29)24(15)16(20(30)31)17(9)32-11-7-12(23-8-11)18(28)22-4-3-13(27)21-5-6-25/h9-12,14-15,23,25-26H,3-8H2,1-2H3,(H,21,27)(H,22,28)(H,30,31)/t9-,10-,11+,12+,14-,15-/m1/s1. The highest BCUT2D eigenvalue weighted by molar-refractivity contribution is 8.03. The minimum atomic E-state index is -1.17. The molecule has 2 fully saturated rings. The van der Waals surface area contributed by atoms with Crippen molar-refractivity contribution in [3.63, 3.8) is 0 Å². The maximum Gasteiger partial charge on any atom is 0.353 e. The van der Waals surface area contributed by atoms with E-state index in [4.69, 9.17) is 5.11 Å². The first-order chi connectivity index (χ1) is 15.2. The number of carbonyl (C=O) groups is 4. The first-order valence-electron chi connectivity index (χ1n) is 10.7. The molecule has 0 aromatic heterocycles. The van der Waals surface area contributed by atoms with Crippen LogP contribution in [0.4, 0.5) is 0 Å². The van der Waals surface area contributed by atoms with E-state index in [1.807, 2.05) is 6.92 Å². The van der Waals surface area contributed by atoms with Gasteiger partial charge in [0.15, 0.2) is 0 Å². The van der Waals surface area contributed by atoms with Crippen molar-refractivity contribution in [2.24, 2.45) is 11.8 Å². The summed E-state index contributed by atoms with van der Waals surface area (Å²) < 4.78 is 0. The van der Waals surface area contributed by atoms with Crippen LogP contribution in [0.25, 0.3) is 0 Å². The van der Waals surface area contributed by atoms with E-state index < -0.39 is 24.0 Å². The highest BCUT2D eigenvalue weighted by Gasteiger charge is 2.60. The molecule has 3 amide bonds. The van der Waals surface area contributed by atoms with Crippen molar-refractivity contribution < 1.29 is 34.5 Å². The Kier molecular flexibility index (Phi) is 7.80. The summed E-state index contributed by atoms with van der Waals surface area (Å²) in [6.07, 6.45) is -0.259. The molecule has 0 aromatic carbocycles. The van der Waals surface area contributed by atoms with E-state index in [9.17, 15) is 29.4 Å². The van der Waals surface area contributed by atoms with Crippen LogP contribution >= 0.6 is 11.8 Å². The molecular weight excluding hydrogens is 440 g/mol. The van der Waals surface area contributed by atoms with E-state index in [0.717, 1.165) is 0 Å². The van der Waals surface area contributed by atoms with Crippen LogP contribution in [0.15, 0.2) is 10.6 Å². The van der Waals surface area contributed by atoms with Crippen LogP contribution < -0.4 is 16.0 Å². The monoisotopic (exact) mass is 470 g/mol. The Bertz CT molecular complexity index is 818. The lowest BCUT2D eigenvalue weighted by molar-refractivity contribution is -0.163. The molecule has 3 aliphatic rings. The number of carboxylic acids is 1. The van der Waals surface area contributed by atoms with Gasteiger partial charge in [-0.2, -0.15) is 0 Å². The molecule has 11 nitrogen and oxygen atoms in total. The van der Waals surface area contributed by atoms with Crippen molar-refractivity contribution in [1.29, 1.82) is 0 Å². The second kappa shape index (κ2) is 10.2. The number of aliphatic hydroxyl groups is 2. The number of rotatable bonds is 10. The molecular formula is C20H30N4O7S. The Hall–Kier alpha value is -2.15. The predicted octanol–water partition coefficient (Wildman–Crippen LogP) is -1.78. The molecule has 0 spiro atoms. The Morgan fingerprint density at radius 2 is 2.00 bits per heavy atom. The number of nitrogens with one attached hydrogen (secondary N) is 3. The van der Waals surface area contributed by atoms with Gasteiger partial charge in [-0.05, 0) is 13.3 Å². The predicted molar refractivity (Wildman–Crippen MR) is 115 cm³/mol. The maximum atomic E-state index is 12.4. The van der Waals surface area contributed by atoms with Crippen LogP contribution in [0.3, 0.4) is 0 Å². The number of β-lactam (4-membered cyclic amide) rings is 1. The van der Waals surface area contributed by atoms with E-state index in [1.165, 1.54) is 16.7 Å². The van der Waals surface area contributed by atoms with Gasteiger partial charge in [0.25, 0.3) is 0 Å². The molecule has 0 radical (unpaired) electrons. The first kappa shape index (κ1) is 24.5. The van der Waals surface area contributed by atoms with Crippen molar-refractivity contribution in [3.8, 4) is 0 Å². The van der Waals surface area contributed by atoms with Gasteiger partial charge in [0.1, 0.15) is 5.70 Å². The molecule has 0 aliphatic carbocycles. The number of amides is 3. The average Bonchev–Trinajstić information content (AvgIpc) is 3.28. The summed E-state index contributed by atoms with van der Waals surface area (Å²) in [5.41, 5.74) is -0.0174. The number of hydrogen-bond donors (Lipinski definition) is 6. The summed E-state index contributed by atoms with van der Waals surface area (Å²) in [6, 6.07) is -0.816. The lowest BCUT2D eigenvalue weighted by Crippen LogP contribution is -2.63. The van der Waals surface area contributed by atoms with E-state index in [2.05, 4.69) is 16.0 Å². The molecule has 12 heteroatoms. The molecule has 6 N–H and O–H groups in total. The molecule has 0 unspecified atom stereocenters. The van der Waals surface area contributed by atoms with Crippen LogP contribution in [0.1, 0.15) is 26.7 Å². The summed E-state index contributed by atoms with van der Waals surface area (Å²) in [4.78, 5) is 50.1. The summed E-state index contributed by atoms with van der Waals surface area (Å²) in [6.45, 7) is 4.11. The van der Waals surface area contributed by atoms with Crippen LogP contribution in [0.5, 0.6) is 0 Å². The Morgan fingerprint density at radius 1 is 1.28 bits per heavy atom. The zero-order chi connectivity index (χ0) is 23.6. The molecule has 0 aromatic rings. The highest BCUT2D eigenvalue weighted by atomic mass is 32.2. The summed E-state index contributed by atoms with van der Waals surface area (Å²) >= 11 is 1.37. The van der Waals surface area contributed by atoms with Gasteiger partial charge in [-0.15, -0.1) is 11.8 Å². The number of aliphatic carboxylic acids is 1. The van der Waals surface area contributed by atoms with Crippen molar-refractivity contribution in [2.75, 3.05) is 26.2 Å². The van der Waals surface area contributed by atoms with Crippen LogP contribution in [0.2, 0.25) is 0 Å². The lowest BCUT2D eigenvalue weighted by Gasteiger charge is -2.46. The number of nitrogens with zero attached hydrogens (tertiary/aromatic N) is 1. The van der Waals surface area contributed by atoms with E-state index in [1.54, 1.807) is 6.92 Å². The lowest BCUT2D eigenvalue weighted by atomic mass is 9.79. The average molecular weight is 471 g/mol. The topological polar surface area (TPSA) is 168 Å². The Balaban J connectivity index is 1.56. The van der Waals surface area contributed by atoms with Gasteiger partial charge in [-0.1, -0.05) is 6.92 Å². The van der Waals surface area contributed by atoms with Gasteiger partial charge in [0.2, 0.25) is 17.7 Å². The smallest absolute Gasteiger partial charge is 0.353 e. The van der Waals surface area contributed by atoms with E-state index in [0.29, 0.717) is 17.9 Å². The normalized spacial score (nSPS) is 30.1. The van der Waals surface area contributed by atoms with Gasteiger partial charge < -0.3 is 36.2 Å². The van der Waals surface area contributed by atoms with Gasteiger partial charge in [-0.3, -0.25) is 14.4 Å². The Morgan fingerprint density at radius 3 is 2.62 bits per heavy atom. The number of carboxylic acid groups (broad SMARTS) is 1. The number of hydrogen-bond acceptors (Lipinski definition) is 8. The number of thioether (sulfide) groups is 1. The Labute approximate surface area is 190 Å². The molecule has 6 atom stereocenters. The summed E-state index contributed by atoms with van der Waals surface area (Å²) in [5, 5.41) is 36.6. The van der Waals surface area contributed by atoms with Crippen molar-refractivity contribution in [2.45, 2.75) is 50.1 Å². The molecule has 0 saturated carbocycles. The van der Waals surface area contributed by atoms with Gasteiger partial charge in [-0.25, -0.2) is 4.79 Å². The third-order valence-electron chi connectivity index (χ3n) is 6.10. The third-order valence-corrected chi connectivity index (χ3v) is 7.61. The fraction of sp³-hybridized carbons (Fsp3) is 0.700. The summed E-state index contributed by atoms with van der Waals surface area (Å²) in [5.74, 6) is -2.84.